The van der Waals surface area contributed by atoms with Crippen molar-refractivity contribution in [3.8, 4) is 5.75 Å². The molecular weight excluding hydrogens is 238 g/mol. The summed E-state index contributed by atoms with van der Waals surface area (Å²) in [7, 11) is -1.92. The van der Waals surface area contributed by atoms with Crippen molar-refractivity contribution in [2.24, 2.45) is 0 Å². The van der Waals surface area contributed by atoms with Crippen LogP contribution in [0.5, 0.6) is 5.75 Å². The molecule has 0 atom stereocenters. The average molecular weight is 255 g/mol. The van der Waals surface area contributed by atoms with Crippen LogP contribution in [-0.4, -0.2) is 22.1 Å². The minimum absolute atomic E-state index is 0.233. The van der Waals surface area contributed by atoms with E-state index < -0.39 is 10.0 Å². The summed E-state index contributed by atoms with van der Waals surface area (Å²) in [6.45, 7) is 7.46. The standard InChI is InChI=1S/C12H17NO3S/c1-9(2)8-13-17(14,15)11-5-6-12(16-4)10(3)7-11/h5-7,13H,1,8H2,2-4H3. The van der Waals surface area contributed by atoms with E-state index in [2.05, 4.69) is 11.3 Å². The highest BCUT2D eigenvalue weighted by Gasteiger charge is 2.14. The fraction of sp³-hybridized carbons (Fsp3) is 0.333. The zero-order valence-corrected chi connectivity index (χ0v) is 11.1. The van der Waals surface area contributed by atoms with E-state index in [1.54, 1.807) is 33.1 Å². The van der Waals surface area contributed by atoms with Gasteiger partial charge in [0.1, 0.15) is 5.75 Å². The van der Waals surface area contributed by atoms with Crippen LogP contribution in [0.1, 0.15) is 12.5 Å². The Morgan fingerprint density at radius 1 is 1.47 bits per heavy atom. The van der Waals surface area contributed by atoms with Gasteiger partial charge in [0.05, 0.1) is 12.0 Å². The molecule has 1 N–H and O–H groups in total. The predicted molar refractivity (Wildman–Crippen MR) is 67.7 cm³/mol. The fourth-order valence-corrected chi connectivity index (χ4v) is 2.50. The topological polar surface area (TPSA) is 55.4 Å². The highest BCUT2D eigenvalue weighted by Crippen LogP contribution is 2.21. The van der Waals surface area contributed by atoms with Crippen LogP contribution < -0.4 is 9.46 Å². The first kappa shape index (κ1) is 13.7. The summed E-state index contributed by atoms with van der Waals surface area (Å²) in [5.41, 5.74) is 1.55. The Labute approximate surface area is 102 Å². The second-order valence-electron chi connectivity index (χ2n) is 3.91. The molecule has 1 aromatic carbocycles. The molecule has 0 amide bonds. The van der Waals surface area contributed by atoms with Crippen molar-refractivity contribution in [3.05, 3.63) is 35.9 Å². The van der Waals surface area contributed by atoms with Crippen molar-refractivity contribution in [1.29, 1.82) is 0 Å². The van der Waals surface area contributed by atoms with Gasteiger partial charge in [0.15, 0.2) is 0 Å². The molecule has 0 aliphatic rings. The van der Waals surface area contributed by atoms with E-state index in [0.717, 1.165) is 11.1 Å². The molecule has 17 heavy (non-hydrogen) atoms. The van der Waals surface area contributed by atoms with E-state index in [-0.39, 0.29) is 11.4 Å². The van der Waals surface area contributed by atoms with E-state index in [1.807, 2.05) is 0 Å². The van der Waals surface area contributed by atoms with Crippen molar-refractivity contribution in [2.45, 2.75) is 18.7 Å². The van der Waals surface area contributed by atoms with Crippen LogP contribution in [0.25, 0.3) is 0 Å². The molecular formula is C12H17NO3S. The first-order valence-electron chi connectivity index (χ1n) is 5.15. The summed E-state index contributed by atoms with van der Waals surface area (Å²) in [5.74, 6) is 0.670. The van der Waals surface area contributed by atoms with Crippen LogP contribution in [-0.2, 0) is 10.0 Å². The van der Waals surface area contributed by atoms with Crippen molar-refractivity contribution in [3.63, 3.8) is 0 Å². The lowest BCUT2D eigenvalue weighted by Crippen LogP contribution is -2.25. The molecule has 0 saturated heterocycles. The quantitative estimate of drug-likeness (QED) is 0.817. The van der Waals surface area contributed by atoms with Crippen LogP contribution in [0.15, 0.2) is 35.2 Å². The molecule has 0 radical (unpaired) electrons. The second-order valence-corrected chi connectivity index (χ2v) is 5.68. The van der Waals surface area contributed by atoms with Gasteiger partial charge in [-0.25, -0.2) is 13.1 Å². The average Bonchev–Trinajstić information content (AvgIpc) is 2.26. The lowest BCUT2D eigenvalue weighted by atomic mass is 10.2. The zero-order valence-electron chi connectivity index (χ0n) is 10.3. The molecule has 0 spiro atoms. The molecule has 94 valence electrons. The Hall–Kier alpha value is -1.33. The van der Waals surface area contributed by atoms with Crippen molar-refractivity contribution >= 4 is 10.0 Å². The van der Waals surface area contributed by atoms with Gasteiger partial charge in [-0.3, -0.25) is 0 Å². The highest BCUT2D eigenvalue weighted by molar-refractivity contribution is 7.89. The van der Waals surface area contributed by atoms with Gasteiger partial charge in [-0.05, 0) is 37.6 Å². The third-order valence-electron chi connectivity index (χ3n) is 2.24. The number of rotatable bonds is 5. The summed E-state index contributed by atoms with van der Waals surface area (Å²) in [6.07, 6.45) is 0. The smallest absolute Gasteiger partial charge is 0.240 e. The van der Waals surface area contributed by atoms with Crippen molar-refractivity contribution in [2.75, 3.05) is 13.7 Å². The maximum atomic E-state index is 11.9. The van der Waals surface area contributed by atoms with E-state index in [1.165, 1.54) is 6.07 Å². The first-order valence-corrected chi connectivity index (χ1v) is 6.64. The third kappa shape index (κ3) is 3.57. The number of ether oxygens (including phenoxy) is 1. The molecule has 1 aromatic rings. The van der Waals surface area contributed by atoms with Gasteiger partial charge in [0, 0.05) is 6.54 Å². The molecule has 4 nitrogen and oxygen atoms in total. The lowest BCUT2D eigenvalue weighted by Gasteiger charge is -2.09. The van der Waals surface area contributed by atoms with Crippen LogP contribution in [0.4, 0.5) is 0 Å². The van der Waals surface area contributed by atoms with Gasteiger partial charge >= 0.3 is 0 Å². The monoisotopic (exact) mass is 255 g/mol. The van der Waals surface area contributed by atoms with Crippen molar-refractivity contribution in [1.82, 2.24) is 4.72 Å². The summed E-state index contributed by atoms with van der Waals surface area (Å²) in [5, 5.41) is 0. The molecule has 0 aliphatic carbocycles. The highest BCUT2D eigenvalue weighted by atomic mass is 32.2. The van der Waals surface area contributed by atoms with E-state index >= 15 is 0 Å². The first-order chi connectivity index (χ1) is 7.86. The molecule has 0 unspecified atom stereocenters. The van der Waals surface area contributed by atoms with Gasteiger partial charge in [-0.1, -0.05) is 12.2 Å². The normalized spacial score (nSPS) is 11.2. The molecule has 5 heteroatoms. The minimum atomic E-state index is -3.47. The minimum Gasteiger partial charge on any atom is -0.496 e. The van der Waals surface area contributed by atoms with Gasteiger partial charge in [0.25, 0.3) is 0 Å². The van der Waals surface area contributed by atoms with Crippen LogP contribution in [0, 0.1) is 6.92 Å². The third-order valence-corrected chi connectivity index (χ3v) is 3.64. The molecule has 0 bridgehead atoms. The molecule has 0 saturated carbocycles. The number of nitrogens with one attached hydrogen (secondary N) is 1. The number of aryl methyl sites for hydroxylation is 1. The SMILES string of the molecule is C=C(C)CNS(=O)(=O)c1ccc(OC)c(C)c1. The van der Waals surface area contributed by atoms with Crippen LogP contribution in [0.3, 0.4) is 0 Å². The maximum Gasteiger partial charge on any atom is 0.240 e. The number of hydrogen-bond donors (Lipinski definition) is 1. The van der Waals surface area contributed by atoms with Crippen molar-refractivity contribution < 1.29 is 13.2 Å². The maximum absolute atomic E-state index is 11.9. The van der Waals surface area contributed by atoms with E-state index in [4.69, 9.17) is 4.74 Å². The number of hydrogen-bond acceptors (Lipinski definition) is 3. The molecule has 0 aliphatic heterocycles. The van der Waals surface area contributed by atoms with Gasteiger partial charge in [-0.15, -0.1) is 0 Å². The fourth-order valence-electron chi connectivity index (χ4n) is 1.32. The van der Waals surface area contributed by atoms with Crippen LogP contribution >= 0.6 is 0 Å². The Bertz CT molecular complexity index is 521. The Morgan fingerprint density at radius 2 is 2.12 bits per heavy atom. The summed E-state index contributed by atoms with van der Waals surface area (Å²) in [4.78, 5) is 0.233. The summed E-state index contributed by atoms with van der Waals surface area (Å²) in [6, 6.07) is 4.75. The Balaban J connectivity index is 2.99. The van der Waals surface area contributed by atoms with Crippen LogP contribution in [0.2, 0.25) is 0 Å². The second kappa shape index (κ2) is 5.33. The Kier molecular flexibility index (Phi) is 4.31. The van der Waals surface area contributed by atoms with Gasteiger partial charge in [0.2, 0.25) is 10.0 Å². The summed E-state index contributed by atoms with van der Waals surface area (Å²) >= 11 is 0. The number of sulfonamides is 1. The van der Waals surface area contributed by atoms with Gasteiger partial charge < -0.3 is 4.74 Å². The zero-order chi connectivity index (χ0) is 13.1. The largest absolute Gasteiger partial charge is 0.496 e. The number of methoxy groups -OCH3 is 1. The number of benzene rings is 1. The van der Waals surface area contributed by atoms with E-state index in [9.17, 15) is 8.42 Å². The summed E-state index contributed by atoms with van der Waals surface area (Å²) < 4.78 is 31.3. The molecule has 0 fully saturated rings. The van der Waals surface area contributed by atoms with Gasteiger partial charge in [-0.2, -0.15) is 0 Å². The molecule has 0 aromatic heterocycles. The molecule has 1 rings (SSSR count). The predicted octanol–water partition coefficient (Wildman–Crippen LogP) is 1.86. The molecule has 0 heterocycles. The van der Waals surface area contributed by atoms with E-state index in [0.29, 0.717) is 5.75 Å². The lowest BCUT2D eigenvalue weighted by molar-refractivity contribution is 0.411. The Morgan fingerprint density at radius 3 is 2.59 bits per heavy atom.